The molecule has 0 aromatic carbocycles. The highest BCUT2D eigenvalue weighted by Crippen LogP contribution is 2.05. The van der Waals surface area contributed by atoms with Gasteiger partial charge in [0.25, 0.3) is 0 Å². The van der Waals surface area contributed by atoms with Gasteiger partial charge in [-0.15, -0.1) is 0 Å². The van der Waals surface area contributed by atoms with Crippen molar-refractivity contribution in [2.24, 2.45) is 5.92 Å². The first-order valence-electron chi connectivity index (χ1n) is 4.05. The fraction of sp³-hybridized carbons (Fsp3) is 0.500. The van der Waals surface area contributed by atoms with E-state index in [4.69, 9.17) is 16.4 Å². The van der Waals surface area contributed by atoms with Crippen LogP contribution in [0.15, 0.2) is 12.3 Å². The molecular weight excluding hydrogens is 190 g/mol. The van der Waals surface area contributed by atoms with Gasteiger partial charge < -0.3 is 0 Å². The van der Waals surface area contributed by atoms with Crippen LogP contribution >= 0.6 is 11.6 Å². The Morgan fingerprint density at radius 1 is 1.62 bits per heavy atom. The van der Waals surface area contributed by atoms with Crippen molar-refractivity contribution in [1.82, 2.24) is 9.97 Å². The van der Waals surface area contributed by atoms with Gasteiger partial charge in [0.2, 0.25) is 5.28 Å². The molecule has 0 saturated carbocycles. The smallest absolute Gasteiger partial charge is 0.224 e. The van der Waals surface area contributed by atoms with E-state index in [-0.39, 0.29) is 5.28 Å². The first-order valence-corrected chi connectivity index (χ1v) is 4.42. The largest absolute Gasteiger partial charge is 0.274 e. The minimum absolute atomic E-state index is 0.207. The fourth-order valence-electron chi connectivity index (χ4n) is 0.674. The molecule has 1 rings (SSSR count). The summed E-state index contributed by atoms with van der Waals surface area (Å²) >= 11 is 5.57. The maximum absolute atomic E-state index is 5.57. The summed E-state index contributed by atoms with van der Waals surface area (Å²) in [6, 6.07) is 1.69. The Balaban J connectivity index is 2.37. The molecule has 1 heterocycles. The average Bonchev–Trinajstić information content (AvgIpc) is 2.03. The van der Waals surface area contributed by atoms with Crippen LogP contribution in [0.1, 0.15) is 13.8 Å². The van der Waals surface area contributed by atoms with Gasteiger partial charge in [-0.05, 0) is 17.5 Å². The van der Waals surface area contributed by atoms with Crippen LogP contribution in [-0.4, -0.2) is 16.6 Å². The number of aromatic nitrogens is 2. The third kappa shape index (κ3) is 4.05. The second-order valence-corrected chi connectivity index (χ2v) is 3.36. The first kappa shape index (κ1) is 10.2. The van der Waals surface area contributed by atoms with Gasteiger partial charge in [-0.3, -0.25) is 4.84 Å². The van der Waals surface area contributed by atoms with Crippen molar-refractivity contribution in [1.29, 1.82) is 0 Å². The van der Waals surface area contributed by atoms with Gasteiger partial charge in [0.15, 0.2) is 5.82 Å². The average molecular weight is 202 g/mol. The number of anilines is 1. The lowest BCUT2D eigenvalue weighted by atomic mass is 10.2. The van der Waals surface area contributed by atoms with Crippen molar-refractivity contribution in [2.45, 2.75) is 13.8 Å². The summed E-state index contributed by atoms with van der Waals surface area (Å²) in [4.78, 5) is 12.8. The van der Waals surface area contributed by atoms with E-state index in [2.05, 4.69) is 29.3 Å². The molecule has 1 N–H and O–H groups in total. The van der Waals surface area contributed by atoms with Gasteiger partial charge in [-0.1, -0.05) is 13.8 Å². The van der Waals surface area contributed by atoms with Crippen LogP contribution in [0.2, 0.25) is 5.28 Å². The Morgan fingerprint density at radius 2 is 2.38 bits per heavy atom. The van der Waals surface area contributed by atoms with Gasteiger partial charge in [-0.2, -0.15) is 4.98 Å². The number of rotatable bonds is 4. The molecule has 0 fully saturated rings. The molecule has 13 heavy (non-hydrogen) atoms. The Kier molecular flexibility index (Phi) is 3.92. The summed E-state index contributed by atoms with van der Waals surface area (Å²) in [5.74, 6) is 1.05. The van der Waals surface area contributed by atoms with Crippen LogP contribution in [-0.2, 0) is 4.84 Å². The summed E-state index contributed by atoms with van der Waals surface area (Å²) in [5.41, 5.74) is 2.68. The third-order valence-corrected chi connectivity index (χ3v) is 1.40. The number of nitrogens with one attached hydrogen (secondary N) is 1. The van der Waals surface area contributed by atoms with Crippen LogP contribution in [0.25, 0.3) is 0 Å². The van der Waals surface area contributed by atoms with Crippen molar-refractivity contribution in [3.63, 3.8) is 0 Å². The standard InChI is InChI=1S/C8H12ClN3O/c1-6(2)5-13-12-7-3-4-10-8(9)11-7/h3-4,6H,5H2,1-2H3,(H,10,11,12). The second kappa shape index (κ2) is 4.99. The normalized spacial score (nSPS) is 10.5. The van der Waals surface area contributed by atoms with Gasteiger partial charge >= 0.3 is 0 Å². The summed E-state index contributed by atoms with van der Waals surface area (Å²) in [6.07, 6.45) is 1.57. The lowest BCUT2D eigenvalue weighted by Crippen LogP contribution is -2.08. The molecule has 5 heteroatoms. The molecule has 0 aliphatic rings. The Bertz CT molecular complexity index is 267. The molecule has 0 aliphatic heterocycles. The predicted octanol–water partition coefficient (Wildman–Crippen LogP) is 2.13. The molecular formula is C8H12ClN3O. The van der Waals surface area contributed by atoms with Gasteiger partial charge in [0, 0.05) is 12.3 Å². The van der Waals surface area contributed by atoms with E-state index in [9.17, 15) is 0 Å². The number of hydrogen-bond donors (Lipinski definition) is 1. The van der Waals surface area contributed by atoms with E-state index >= 15 is 0 Å². The van der Waals surface area contributed by atoms with Crippen molar-refractivity contribution < 1.29 is 4.84 Å². The van der Waals surface area contributed by atoms with Crippen molar-refractivity contribution in [2.75, 3.05) is 12.1 Å². The van der Waals surface area contributed by atoms with E-state index in [0.717, 1.165) is 0 Å². The maximum Gasteiger partial charge on any atom is 0.224 e. The topological polar surface area (TPSA) is 47.0 Å². The third-order valence-electron chi connectivity index (χ3n) is 1.22. The molecule has 0 bridgehead atoms. The Hall–Kier alpha value is -0.870. The summed E-state index contributed by atoms with van der Waals surface area (Å²) in [5, 5.41) is 0.207. The quantitative estimate of drug-likeness (QED) is 0.599. The molecule has 0 unspecified atom stereocenters. The van der Waals surface area contributed by atoms with Gasteiger partial charge in [-0.25, -0.2) is 10.5 Å². The molecule has 72 valence electrons. The molecule has 0 atom stereocenters. The van der Waals surface area contributed by atoms with Gasteiger partial charge in [0.1, 0.15) is 0 Å². The maximum atomic E-state index is 5.57. The lowest BCUT2D eigenvalue weighted by molar-refractivity contribution is 0.161. The van der Waals surface area contributed by atoms with E-state index in [1.54, 1.807) is 12.3 Å². The zero-order valence-electron chi connectivity index (χ0n) is 7.62. The van der Waals surface area contributed by atoms with E-state index < -0.39 is 0 Å². The molecule has 0 spiro atoms. The molecule has 1 aromatic heterocycles. The second-order valence-electron chi connectivity index (χ2n) is 3.02. The molecule has 0 aliphatic carbocycles. The van der Waals surface area contributed by atoms with E-state index in [1.807, 2.05) is 0 Å². The summed E-state index contributed by atoms with van der Waals surface area (Å²) in [7, 11) is 0. The highest BCUT2D eigenvalue weighted by atomic mass is 35.5. The Morgan fingerprint density at radius 3 is 3.00 bits per heavy atom. The Labute approximate surface area is 82.3 Å². The van der Waals surface area contributed by atoms with Crippen LogP contribution in [0.5, 0.6) is 0 Å². The summed E-state index contributed by atoms with van der Waals surface area (Å²) in [6.45, 7) is 4.75. The van der Waals surface area contributed by atoms with Gasteiger partial charge in [0.05, 0.1) is 6.61 Å². The molecule has 4 nitrogen and oxygen atoms in total. The zero-order valence-corrected chi connectivity index (χ0v) is 8.38. The monoisotopic (exact) mass is 201 g/mol. The van der Waals surface area contributed by atoms with Crippen LogP contribution < -0.4 is 5.48 Å². The van der Waals surface area contributed by atoms with Crippen LogP contribution in [0.3, 0.4) is 0 Å². The van der Waals surface area contributed by atoms with E-state index in [0.29, 0.717) is 18.3 Å². The van der Waals surface area contributed by atoms with E-state index in [1.165, 1.54) is 0 Å². The minimum atomic E-state index is 0.207. The highest BCUT2D eigenvalue weighted by molar-refractivity contribution is 6.28. The zero-order chi connectivity index (χ0) is 9.68. The molecule has 0 radical (unpaired) electrons. The highest BCUT2D eigenvalue weighted by Gasteiger charge is 1.97. The van der Waals surface area contributed by atoms with Crippen molar-refractivity contribution in [3.05, 3.63) is 17.5 Å². The first-order chi connectivity index (χ1) is 6.18. The molecule has 0 saturated heterocycles. The van der Waals surface area contributed by atoms with Crippen LogP contribution in [0.4, 0.5) is 5.82 Å². The minimum Gasteiger partial charge on any atom is -0.274 e. The predicted molar refractivity (Wildman–Crippen MR) is 51.5 cm³/mol. The molecule has 1 aromatic rings. The van der Waals surface area contributed by atoms with Crippen LogP contribution in [0, 0.1) is 5.92 Å². The van der Waals surface area contributed by atoms with Crippen molar-refractivity contribution >= 4 is 17.4 Å². The number of nitrogens with zero attached hydrogens (tertiary/aromatic N) is 2. The molecule has 0 amide bonds. The number of hydrogen-bond acceptors (Lipinski definition) is 4. The number of halogens is 1. The lowest BCUT2D eigenvalue weighted by Gasteiger charge is -2.07. The van der Waals surface area contributed by atoms with Crippen molar-refractivity contribution in [3.8, 4) is 0 Å². The fourth-order valence-corrected chi connectivity index (χ4v) is 0.821. The SMILES string of the molecule is CC(C)CONc1ccnc(Cl)n1. The summed E-state index contributed by atoms with van der Waals surface area (Å²) < 4.78 is 0.